The summed E-state index contributed by atoms with van der Waals surface area (Å²) in [6.45, 7) is 3.92. The molecule has 1 amide bonds. The van der Waals surface area contributed by atoms with Gasteiger partial charge in [-0.25, -0.2) is 4.98 Å². The van der Waals surface area contributed by atoms with E-state index in [2.05, 4.69) is 17.2 Å². The van der Waals surface area contributed by atoms with Gasteiger partial charge in [0.05, 0.1) is 6.33 Å². The van der Waals surface area contributed by atoms with Crippen LogP contribution >= 0.6 is 11.6 Å². The topological polar surface area (TPSA) is 50.2 Å². The van der Waals surface area contributed by atoms with Gasteiger partial charge < -0.3 is 14.8 Å². The maximum Gasteiger partial charge on any atom is 0.273 e. The summed E-state index contributed by atoms with van der Waals surface area (Å²) in [6.07, 6.45) is 1.56. The number of amides is 1. The molecule has 2 rings (SSSR count). The van der Waals surface area contributed by atoms with E-state index in [1.807, 2.05) is 7.05 Å². The molecule has 1 aliphatic rings. The number of carbonyl (C=O) groups is 1. The molecule has 0 saturated carbocycles. The first kappa shape index (κ1) is 12.4. The van der Waals surface area contributed by atoms with Crippen LogP contribution in [0.3, 0.4) is 0 Å². The van der Waals surface area contributed by atoms with E-state index >= 15 is 0 Å². The summed E-state index contributed by atoms with van der Waals surface area (Å²) in [5.41, 5.74) is 0.452. The molecule has 1 aliphatic heterocycles. The van der Waals surface area contributed by atoms with Crippen LogP contribution in [0.15, 0.2) is 6.33 Å². The Morgan fingerprint density at radius 2 is 2.35 bits per heavy atom. The molecule has 2 heterocycles. The molecule has 1 aromatic rings. The Balaban J connectivity index is 2.20. The molecule has 0 aliphatic carbocycles. The first-order valence-corrected chi connectivity index (χ1v) is 6.05. The van der Waals surface area contributed by atoms with Crippen molar-refractivity contribution in [3.8, 4) is 0 Å². The molecule has 0 spiro atoms. The monoisotopic (exact) mass is 256 g/mol. The standard InChI is InChI=1S/C11H17ClN4O/c1-7-4-13-5-8(7)16(3)11(17)9-10(12)14-6-15(9)2/h6-8,13H,4-5H2,1-3H3/t7-,8-/m1/s1. The quantitative estimate of drug-likeness (QED) is 0.850. The fourth-order valence-electron chi connectivity index (χ4n) is 2.27. The Morgan fingerprint density at radius 1 is 1.65 bits per heavy atom. The van der Waals surface area contributed by atoms with Crippen LogP contribution in [0.2, 0.25) is 5.15 Å². The number of carbonyl (C=O) groups excluding carboxylic acids is 1. The third kappa shape index (κ3) is 2.17. The van der Waals surface area contributed by atoms with Gasteiger partial charge in [-0.2, -0.15) is 0 Å². The number of likely N-dealkylation sites (N-methyl/N-ethyl adjacent to an activating group) is 1. The summed E-state index contributed by atoms with van der Waals surface area (Å²) in [6, 6.07) is 0.216. The summed E-state index contributed by atoms with van der Waals surface area (Å²) in [4.78, 5) is 18.0. The third-order valence-electron chi connectivity index (χ3n) is 3.39. The van der Waals surface area contributed by atoms with Crippen LogP contribution in [-0.2, 0) is 7.05 Å². The zero-order chi connectivity index (χ0) is 12.6. The highest BCUT2D eigenvalue weighted by molar-refractivity contribution is 6.32. The number of halogens is 1. The number of nitrogens with zero attached hydrogens (tertiary/aromatic N) is 3. The molecular weight excluding hydrogens is 240 g/mol. The van der Waals surface area contributed by atoms with Gasteiger partial charge in [0.15, 0.2) is 5.15 Å². The Hall–Kier alpha value is -1.07. The molecule has 1 fully saturated rings. The van der Waals surface area contributed by atoms with E-state index in [9.17, 15) is 4.79 Å². The van der Waals surface area contributed by atoms with Crippen LogP contribution in [-0.4, -0.2) is 46.5 Å². The van der Waals surface area contributed by atoms with E-state index in [-0.39, 0.29) is 17.1 Å². The Morgan fingerprint density at radius 3 is 2.82 bits per heavy atom. The molecule has 1 aromatic heterocycles. The summed E-state index contributed by atoms with van der Waals surface area (Å²) in [7, 11) is 3.59. The first-order chi connectivity index (χ1) is 8.02. The minimum absolute atomic E-state index is 0.0736. The maximum absolute atomic E-state index is 12.3. The van der Waals surface area contributed by atoms with Crippen LogP contribution in [0, 0.1) is 5.92 Å². The van der Waals surface area contributed by atoms with E-state index in [1.54, 1.807) is 22.8 Å². The molecule has 0 radical (unpaired) electrons. The van der Waals surface area contributed by atoms with Gasteiger partial charge in [0, 0.05) is 26.7 Å². The highest BCUT2D eigenvalue weighted by Gasteiger charge is 2.31. The lowest BCUT2D eigenvalue weighted by Gasteiger charge is -2.27. The van der Waals surface area contributed by atoms with E-state index in [0.29, 0.717) is 11.6 Å². The van der Waals surface area contributed by atoms with Gasteiger partial charge in [0.25, 0.3) is 5.91 Å². The van der Waals surface area contributed by atoms with E-state index in [4.69, 9.17) is 11.6 Å². The number of hydrogen-bond donors (Lipinski definition) is 1. The second-order valence-corrected chi connectivity index (χ2v) is 4.97. The molecule has 0 aromatic carbocycles. The lowest BCUT2D eigenvalue weighted by Crippen LogP contribution is -2.42. The third-order valence-corrected chi connectivity index (χ3v) is 3.67. The SMILES string of the molecule is C[C@@H]1CNC[C@H]1N(C)C(=O)c1c(Cl)ncn1C. The second-order valence-electron chi connectivity index (χ2n) is 4.61. The summed E-state index contributed by atoms with van der Waals surface area (Å²) >= 11 is 5.93. The summed E-state index contributed by atoms with van der Waals surface area (Å²) in [5.74, 6) is 0.381. The molecule has 5 nitrogen and oxygen atoms in total. The highest BCUT2D eigenvalue weighted by atomic mass is 35.5. The van der Waals surface area contributed by atoms with Crippen molar-refractivity contribution in [1.82, 2.24) is 19.8 Å². The van der Waals surface area contributed by atoms with Crippen LogP contribution < -0.4 is 5.32 Å². The lowest BCUT2D eigenvalue weighted by atomic mass is 10.1. The largest absolute Gasteiger partial charge is 0.336 e. The van der Waals surface area contributed by atoms with Crippen molar-refractivity contribution in [1.29, 1.82) is 0 Å². The molecular formula is C11H17ClN4O. The van der Waals surface area contributed by atoms with Gasteiger partial charge in [-0.3, -0.25) is 4.79 Å². The molecule has 1 N–H and O–H groups in total. The van der Waals surface area contributed by atoms with Crippen LogP contribution in [0.1, 0.15) is 17.4 Å². The van der Waals surface area contributed by atoms with Crippen molar-refractivity contribution in [2.45, 2.75) is 13.0 Å². The molecule has 2 atom stereocenters. The van der Waals surface area contributed by atoms with Crippen molar-refractivity contribution < 1.29 is 4.79 Å². The van der Waals surface area contributed by atoms with Crippen LogP contribution in [0.5, 0.6) is 0 Å². The number of aryl methyl sites for hydroxylation is 1. The van der Waals surface area contributed by atoms with Gasteiger partial charge in [0.1, 0.15) is 5.69 Å². The average Bonchev–Trinajstić information content (AvgIpc) is 2.84. The van der Waals surface area contributed by atoms with Gasteiger partial charge >= 0.3 is 0 Å². The predicted octanol–water partition coefficient (Wildman–Crippen LogP) is 0.753. The number of aromatic nitrogens is 2. The Bertz CT molecular complexity index is 412. The van der Waals surface area contributed by atoms with Gasteiger partial charge in [-0.1, -0.05) is 18.5 Å². The second kappa shape index (κ2) is 4.66. The van der Waals surface area contributed by atoms with E-state index in [0.717, 1.165) is 13.1 Å². The summed E-state index contributed by atoms with van der Waals surface area (Å²) in [5, 5.41) is 3.55. The minimum atomic E-state index is -0.0736. The lowest BCUT2D eigenvalue weighted by molar-refractivity contribution is 0.0707. The molecule has 6 heteroatoms. The van der Waals surface area contributed by atoms with Crippen molar-refractivity contribution >= 4 is 17.5 Å². The van der Waals surface area contributed by atoms with E-state index < -0.39 is 0 Å². The Kier molecular flexibility index (Phi) is 3.40. The predicted molar refractivity (Wildman–Crippen MR) is 66.1 cm³/mol. The van der Waals surface area contributed by atoms with Crippen LogP contribution in [0.4, 0.5) is 0 Å². The van der Waals surface area contributed by atoms with Crippen molar-refractivity contribution in [2.75, 3.05) is 20.1 Å². The highest BCUT2D eigenvalue weighted by Crippen LogP contribution is 2.19. The van der Waals surface area contributed by atoms with Crippen molar-refractivity contribution in [3.05, 3.63) is 17.2 Å². The average molecular weight is 257 g/mol. The number of hydrogen-bond acceptors (Lipinski definition) is 3. The number of rotatable bonds is 2. The smallest absolute Gasteiger partial charge is 0.273 e. The van der Waals surface area contributed by atoms with Crippen LogP contribution in [0.25, 0.3) is 0 Å². The van der Waals surface area contributed by atoms with Gasteiger partial charge in [-0.05, 0) is 12.5 Å². The zero-order valence-electron chi connectivity index (χ0n) is 10.3. The Labute approximate surface area is 106 Å². The van der Waals surface area contributed by atoms with Gasteiger partial charge in [0.2, 0.25) is 0 Å². The molecule has 0 bridgehead atoms. The fraction of sp³-hybridized carbons (Fsp3) is 0.636. The van der Waals surface area contributed by atoms with Gasteiger partial charge in [-0.15, -0.1) is 0 Å². The number of imidazole rings is 1. The molecule has 94 valence electrons. The first-order valence-electron chi connectivity index (χ1n) is 5.67. The zero-order valence-corrected chi connectivity index (χ0v) is 11.0. The van der Waals surface area contributed by atoms with Crippen molar-refractivity contribution in [3.63, 3.8) is 0 Å². The van der Waals surface area contributed by atoms with Crippen molar-refractivity contribution in [2.24, 2.45) is 13.0 Å². The minimum Gasteiger partial charge on any atom is -0.336 e. The van der Waals surface area contributed by atoms with E-state index in [1.165, 1.54) is 0 Å². The molecule has 1 saturated heterocycles. The normalized spacial score (nSPS) is 24.0. The number of nitrogens with one attached hydrogen (secondary N) is 1. The fourth-order valence-corrected chi connectivity index (χ4v) is 2.53. The molecule has 17 heavy (non-hydrogen) atoms. The molecule has 0 unspecified atom stereocenters. The maximum atomic E-state index is 12.3. The summed E-state index contributed by atoms with van der Waals surface area (Å²) < 4.78 is 1.66.